The van der Waals surface area contributed by atoms with E-state index in [1.54, 1.807) is 18.2 Å². The summed E-state index contributed by atoms with van der Waals surface area (Å²) in [6.07, 6.45) is 2.52. The highest BCUT2D eigenvalue weighted by Crippen LogP contribution is 2.28. The van der Waals surface area contributed by atoms with Gasteiger partial charge in [-0.05, 0) is 37.4 Å². The molecule has 2 amide bonds. The standard InChI is InChI=1S/C15H21N3O3/c1-10(19)17-13-6-5-12(7-14(13)21-2)18-15(20)9-16-8-11-3-4-11/h5-7,11,16H,3-4,8-9H2,1-2H3,(H,17,19)(H,18,20). The molecule has 1 aromatic carbocycles. The van der Waals surface area contributed by atoms with Gasteiger partial charge in [0.2, 0.25) is 11.8 Å². The van der Waals surface area contributed by atoms with Crippen LogP contribution in [0.2, 0.25) is 0 Å². The molecule has 0 atom stereocenters. The molecule has 0 heterocycles. The van der Waals surface area contributed by atoms with Gasteiger partial charge in [-0.3, -0.25) is 9.59 Å². The van der Waals surface area contributed by atoms with Crippen LogP contribution in [0.25, 0.3) is 0 Å². The van der Waals surface area contributed by atoms with Crippen molar-refractivity contribution in [2.45, 2.75) is 19.8 Å². The molecule has 1 aliphatic rings. The summed E-state index contributed by atoms with van der Waals surface area (Å²) in [6.45, 7) is 2.63. The maximum absolute atomic E-state index is 11.8. The number of hydrogen-bond donors (Lipinski definition) is 3. The topological polar surface area (TPSA) is 79.5 Å². The zero-order valence-corrected chi connectivity index (χ0v) is 12.4. The van der Waals surface area contributed by atoms with Crippen LogP contribution in [0.4, 0.5) is 11.4 Å². The Kier molecular flexibility index (Phi) is 5.16. The van der Waals surface area contributed by atoms with Crippen LogP contribution in [0.15, 0.2) is 18.2 Å². The monoisotopic (exact) mass is 291 g/mol. The Morgan fingerprint density at radius 1 is 1.29 bits per heavy atom. The van der Waals surface area contributed by atoms with Gasteiger partial charge in [0.15, 0.2) is 0 Å². The highest BCUT2D eigenvalue weighted by Gasteiger charge is 2.20. The Labute approximate surface area is 124 Å². The second-order valence-electron chi connectivity index (χ2n) is 5.22. The van der Waals surface area contributed by atoms with Crippen molar-refractivity contribution in [3.63, 3.8) is 0 Å². The molecule has 1 saturated carbocycles. The van der Waals surface area contributed by atoms with Crippen LogP contribution in [-0.2, 0) is 9.59 Å². The molecular weight excluding hydrogens is 270 g/mol. The van der Waals surface area contributed by atoms with Crippen molar-refractivity contribution < 1.29 is 14.3 Å². The van der Waals surface area contributed by atoms with Crippen molar-refractivity contribution in [3.05, 3.63) is 18.2 Å². The lowest BCUT2D eigenvalue weighted by Gasteiger charge is -2.12. The molecule has 0 bridgehead atoms. The lowest BCUT2D eigenvalue weighted by Crippen LogP contribution is -2.29. The summed E-state index contributed by atoms with van der Waals surface area (Å²) in [6, 6.07) is 5.12. The summed E-state index contributed by atoms with van der Waals surface area (Å²) in [7, 11) is 1.52. The zero-order chi connectivity index (χ0) is 15.2. The molecule has 0 aromatic heterocycles. The van der Waals surface area contributed by atoms with Crippen molar-refractivity contribution in [3.8, 4) is 5.75 Å². The van der Waals surface area contributed by atoms with Gasteiger partial charge in [0.1, 0.15) is 5.75 Å². The minimum absolute atomic E-state index is 0.0926. The molecule has 3 N–H and O–H groups in total. The van der Waals surface area contributed by atoms with Crippen LogP contribution in [0.1, 0.15) is 19.8 Å². The molecule has 6 heteroatoms. The van der Waals surface area contributed by atoms with Crippen molar-refractivity contribution in [1.82, 2.24) is 5.32 Å². The number of rotatable bonds is 7. The first-order valence-corrected chi connectivity index (χ1v) is 7.04. The lowest BCUT2D eigenvalue weighted by molar-refractivity contribution is -0.115. The molecule has 114 valence electrons. The van der Waals surface area contributed by atoms with Crippen molar-refractivity contribution >= 4 is 23.2 Å². The van der Waals surface area contributed by atoms with Gasteiger partial charge in [0.05, 0.1) is 19.3 Å². The fourth-order valence-electron chi connectivity index (χ4n) is 1.98. The normalized spacial score (nSPS) is 13.6. The van der Waals surface area contributed by atoms with Gasteiger partial charge in [-0.15, -0.1) is 0 Å². The quantitative estimate of drug-likeness (QED) is 0.713. The minimum Gasteiger partial charge on any atom is -0.494 e. The first-order valence-electron chi connectivity index (χ1n) is 7.04. The summed E-state index contributed by atoms with van der Waals surface area (Å²) in [5.74, 6) is 0.989. The summed E-state index contributed by atoms with van der Waals surface area (Å²) in [4.78, 5) is 22.9. The van der Waals surface area contributed by atoms with Crippen molar-refractivity contribution in [2.24, 2.45) is 5.92 Å². The number of hydrogen-bond acceptors (Lipinski definition) is 4. The Morgan fingerprint density at radius 3 is 2.67 bits per heavy atom. The van der Waals surface area contributed by atoms with Crippen molar-refractivity contribution in [1.29, 1.82) is 0 Å². The Hall–Kier alpha value is -2.08. The van der Waals surface area contributed by atoms with E-state index in [1.165, 1.54) is 26.9 Å². The first kappa shape index (κ1) is 15.3. The highest BCUT2D eigenvalue weighted by atomic mass is 16.5. The molecule has 2 rings (SSSR count). The maximum Gasteiger partial charge on any atom is 0.238 e. The summed E-state index contributed by atoms with van der Waals surface area (Å²) >= 11 is 0. The van der Waals surface area contributed by atoms with E-state index in [1.807, 2.05) is 0 Å². The Bertz CT molecular complexity index is 527. The van der Waals surface area contributed by atoms with Gasteiger partial charge in [-0.2, -0.15) is 0 Å². The fraction of sp³-hybridized carbons (Fsp3) is 0.467. The molecule has 0 saturated heterocycles. The van der Waals surface area contributed by atoms with Crippen molar-refractivity contribution in [2.75, 3.05) is 30.8 Å². The molecule has 6 nitrogen and oxygen atoms in total. The SMILES string of the molecule is COc1cc(NC(=O)CNCC2CC2)ccc1NC(C)=O. The van der Waals surface area contributed by atoms with Crippen LogP contribution in [0, 0.1) is 5.92 Å². The summed E-state index contributed by atoms with van der Waals surface area (Å²) in [5.41, 5.74) is 1.22. The molecule has 1 aromatic rings. The van der Waals surface area contributed by atoms with E-state index in [2.05, 4.69) is 16.0 Å². The molecular formula is C15H21N3O3. The molecule has 1 aliphatic carbocycles. The first-order chi connectivity index (χ1) is 10.1. The summed E-state index contributed by atoms with van der Waals surface area (Å²) < 4.78 is 5.21. The largest absolute Gasteiger partial charge is 0.494 e. The van der Waals surface area contributed by atoms with E-state index in [-0.39, 0.29) is 11.8 Å². The third-order valence-electron chi connectivity index (χ3n) is 3.21. The number of amides is 2. The number of nitrogens with one attached hydrogen (secondary N) is 3. The van der Waals surface area contributed by atoms with E-state index in [9.17, 15) is 9.59 Å². The number of ether oxygens (including phenoxy) is 1. The van der Waals surface area contributed by atoms with Crippen LogP contribution >= 0.6 is 0 Å². The predicted molar refractivity (Wildman–Crippen MR) is 81.5 cm³/mol. The highest BCUT2D eigenvalue weighted by molar-refractivity contribution is 5.94. The average molecular weight is 291 g/mol. The number of benzene rings is 1. The van der Waals surface area contributed by atoms with Gasteiger partial charge < -0.3 is 20.7 Å². The zero-order valence-electron chi connectivity index (χ0n) is 12.4. The van der Waals surface area contributed by atoms with E-state index < -0.39 is 0 Å². The maximum atomic E-state index is 11.8. The number of methoxy groups -OCH3 is 1. The third-order valence-corrected chi connectivity index (χ3v) is 3.21. The predicted octanol–water partition coefficient (Wildman–Crippen LogP) is 1.59. The second-order valence-corrected chi connectivity index (χ2v) is 5.22. The van der Waals surface area contributed by atoms with Gasteiger partial charge in [-0.25, -0.2) is 0 Å². The third kappa shape index (κ3) is 5.07. The van der Waals surface area contributed by atoms with E-state index in [0.717, 1.165) is 12.5 Å². The van der Waals surface area contributed by atoms with E-state index in [4.69, 9.17) is 4.74 Å². The van der Waals surface area contributed by atoms with Gasteiger partial charge in [0, 0.05) is 18.7 Å². The Morgan fingerprint density at radius 2 is 2.05 bits per heavy atom. The molecule has 21 heavy (non-hydrogen) atoms. The number of anilines is 2. The van der Waals surface area contributed by atoms with Gasteiger partial charge in [-0.1, -0.05) is 0 Å². The number of carbonyl (C=O) groups excluding carboxylic acids is 2. The lowest BCUT2D eigenvalue weighted by atomic mass is 10.2. The molecule has 0 unspecified atom stereocenters. The van der Waals surface area contributed by atoms with Crippen LogP contribution in [0.3, 0.4) is 0 Å². The van der Waals surface area contributed by atoms with Crippen LogP contribution in [0.5, 0.6) is 5.75 Å². The second kappa shape index (κ2) is 7.08. The fourth-order valence-corrected chi connectivity index (χ4v) is 1.98. The molecule has 0 radical (unpaired) electrons. The summed E-state index contributed by atoms with van der Waals surface area (Å²) in [5, 5.41) is 8.60. The van der Waals surface area contributed by atoms with Crippen LogP contribution in [-0.4, -0.2) is 32.0 Å². The van der Waals surface area contributed by atoms with Crippen LogP contribution < -0.4 is 20.7 Å². The van der Waals surface area contributed by atoms with E-state index in [0.29, 0.717) is 23.7 Å². The average Bonchev–Trinajstić information content (AvgIpc) is 3.24. The smallest absolute Gasteiger partial charge is 0.238 e. The van der Waals surface area contributed by atoms with E-state index >= 15 is 0 Å². The molecule has 1 fully saturated rings. The van der Waals surface area contributed by atoms with Gasteiger partial charge in [0.25, 0.3) is 0 Å². The van der Waals surface area contributed by atoms with Gasteiger partial charge >= 0.3 is 0 Å². The number of carbonyl (C=O) groups is 2. The Balaban J connectivity index is 1.89. The minimum atomic E-state index is -0.172. The molecule has 0 spiro atoms. The molecule has 0 aliphatic heterocycles.